The molecule has 3 heteroatoms. The van der Waals surface area contributed by atoms with E-state index in [1.165, 1.54) is 6.07 Å². The fraction of sp³-hybridized carbons (Fsp3) is 0.333. The van der Waals surface area contributed by atoms with E-state index in [0.29, 0.717) is 5.56 Å². The van der Waals surface area contributed by atoms with Crippen LogP contribution in [0.15, 0.2) is 24.3 Å². The first kappa shape index (κ1) is 9.49. The SMILES string of the molecule is CN(C)C(Cl)c1ccccc1F. The van der Waals surface area contributed by atoms with Gasteiger partial charge in [-0.1, -0.05) is 18.2 Å². The minimum atomic E-state index is -0.397. The second-order valence-electron chi connectivity index (χ2n) is 2.82. The number of hydrogen-bond acceptors (Lipinski definition) is 1. The van der Waals surface area contributed by atoms with Gasteiger partial charge in [0.25, 0.3) is 0 Å². The molecule has 1 atom stereocenters. The van der Waals surface area contributed by atoms with Crippen LogP contribution in [0.5, 0.6) is 0 Å². The molecule has 0 spiro atoms. The molecule has 0 radical (unpaired) electrons. The van der Waals surface area contributed by atoms with E-state index in [1.54, 1.807) is 23.1 Å². The quantitative estimate of drug-likeness (QED) is 0.508. The highest BCUT2D eigenvalue weighted by Gasteiger charge is 2.13. The summed E-state index contributed by atoms with van der Waals surface area (Å²) < 4.78 is 13.1. The Morgan fingerprint density at radius 3 is 2.42 bits per heavy atom. The molecule has 1 unspecified atom stereocenters. The van der Waals surface area contributed by atoms with Gasteiger partial charge in [0.15, 0.2) is 0 Å². The summed E-state index contributed by atoms with van der Waals surface area (Å²) in [5.41, 5.74) is 0.121. The smallest absolute Gasteiger partial charge is 0.129 e. The molecule has 1 aromatic rings. The molecule has 0 aliphatic carbocycles. The maximum absolute atomic E-state index is 13.1. The Labute approximate surface area is 76.8 Å². The van der Waals surface area contributed by atoms with Crippen molar-refractivity contribution in [3.63, 3.8) is 0 Å². The van der Waals surface area contributed by atoms with Crippen LogP contribution in [-0.4, -0.2) is 19.0 Å². The zero-order valence-electron chi connectivity index (χ0n) is 7.09. The van der Waals surface area contributed by atoms with Crippen LogP contribution < -0.4 is 0 Å². The lowest BCUT2D eigenvalue weighted by Crippen LogP contribution is -2.15. The van der Waals surface area contributed by atoms with Crippen molar-refractivity contribution in [2.75, 3.05) is 14.1 Å². The Bertz CT molecular complexity index is 262. The van der Waals surface area contributed by atoms with E-state index < -0.39 is 5.50 Å². The van der Waals surface area contributed by atoms with Gasteiger partial charge in [-0.3, -0.25) is 4.90 Å². The molecule has 0 amide bonds. The molecule has 0 aliphatic heterocycles. The van der Waals surface area contributed by atoms with Crippen molar-refractivity contribution in [1.82, 2.24) is 4.90 Å². The van der Waals surface area contributed by atoms with Crippen LogP contribution in [0, 0.1) is 5.82 Å². The standard InChI is InChI=1S/C9H11ClFN/c1-12(2)9(10)7-5-3-4-6-8(7)11/h3-6,9H,1-2H3. The normalized spacial score (nSPS) is 13.4. The summed E-state index contributed by atoms with van der Waals surface area (Å²) in [6, 6.07) is 6.52. The van der Waals surface area contributed by atoms with E-state index in [1.807, 2.05) is 14.1 Å². The highest BCUT2D eigenvalue weighted by Crippen LogP contribution is 2.24. The number of halogens is 2. The van der Waals surface area contributed by atoms with Crippen LogP contribution in [0.1, 0.15) is 11.1 Å². The summed E-state index contributed by atoms with van der Waals surface area (Å²) in [6.45, 7) is 0. The van der Waals surface area contributed by atoms with Gasteiger partial charge in [-0.05, 0) is 20.2 Å². The predicted octanol–water partition coefficient (Wildman–Crippen LogP) is 2.62. The van der Waals surface area contributed by atoms with Gasteiger partial charge >= 0.3 is 0 Å². The first-order chi connectivity index (χ1) is 5.63. The molecule has 12 heavy (non-hydrogen) atoms. The van der Waals surface area contributed by atoms with E-state index in [2.05, 4.69) is 0 Å². The Morgan fingerprint density at radius 2 is 1.92 bits per heavy atom. The second kappa shape index (κ2) is 3.87. The fourth-order valence-corrected chi connectivity index (χ4v) is 1.12. The molecule has 0 aliphatic rings. The third-order valence-corrected chi connectivity index (χ3v) is 2.24. The summed E-state index contributed by atoms with van der Waals surface area (Å²) in [7, 11) is 3.62. The third kappa shape index (κ3) is 1.96. The summed E-state index contributed by atoms with van der Waals surface area (Å²) >= 11 is 5.93. The van der Waals surface area contributed by atoms with Crippen LogP contribution in [0.25, 0.3) is 0 Å². The number of hydrogen-bond donors (Lipinski definition) is 0. The lowest BCUT2D eigenvalue weighted by molar-refractivity contribution is 0.375. The van der Waals surface area contributed by atoms with Gasteiger partial charge in [0.05, 0.1) is 0 Å². The third-order valence-electron chi connectivity index (χ3n) is 1.62. The second-order valence-corrected chi connectivity index (χ2v) is 3.23. The minimum Gasteiger partial charge on any atom is -0.290 e. The fourth-order valence-electron chi connectivity index (χ4n) is 0.946. The zero-order chi connectivity index (χ0) is 9.14. The van der Waals surface area contributed by atoms with Crippen molar-refractivity contribution in [3.05, 3.63) is 35.6 Å². The maximum Gasteiger partial charge on any atom is 0.129 e. The van der Waals surface area contributed by atoms with Gasteiger partial charge in [-0.15, -0.1) is 11.6 Å². The van der Waals surface area contributed by atoms with Crippen LogP contribution in [0.4, 0.5) is 4.39 Å². The summed E-state index contributed by atoms with van der Waals surface area (Å²) in [5.74, 6) is -0.258. The highest BCUT2D eigenvalue weighted by atomic mass is 35.5. The van der Waals surface area contributed by atoms with Crippen molar-refractivity contribution in [3.8, 4) is 0 Å². The monoisotopic (exact) mass is 187 g/mol. The van der Waals surface area contributed by atoms with Crippen LogP contribution in [0.3, 0.4) is 0 Å². The van der Waals surface area contributed by atoms with Gasteiger partial charge < -0.3 is 0 Å². The zero-order valence-corrected chi connectivity index (χ0v) is 7.85. The topological polar surface area (TPSA) is 3.24 Å². The van der Waals surface area contributed by atoms with E-state index >= 15 is 0 Å². The van der Waals surface area contributed by atoms with Crippen LogP contribution in [-0.2, 0) is 0 Å². The van der Waals surface area contributed by atoms with Gasteiger partial charge in [0.1, 0.15) is 11.3 Å². The molecule has 0 aromatic heterocycles. The van der Waals surface area contributed by atoms with E-state index in [9.17, 15) is 4.39 Å². The summed E-state index contributed by atoms with van der Waals surface area (Å²) in [5, 5.41) is 0. The van der Waals surface area contributed by atoms with Crippen molar-refractivity contribution < 1.29 is 4.39 Å². The van der Waals surface area contributed by atoms with E-state index in [4.69, 9.17) is 11.6 Å². The molecular weight excluding hydrogens is 177 g/mol. The largest absolute Gasteiger partial charge is 0.290 e. The van der Waals surface area contributed by atoms with Crippen molar-refractivity contribution in [2.45, 2.75) is 5.50 Å². The van der Waals surface area contributed by atoms with Crippen molar-refractivity contribution in [2.24, 2.45) is 0 Å². The molecule has 0 bridgehead atoms. The number of alkyl halides is 1. The number of nitrogens with zero attached hydrogens (tertiary/aromatic N) is 1. The molecule has 1 aromatic carbocycles. The minimum absolute atomic E-state index is 0.258. The van der Waals surface area contributed by atoms with E-state index in [0.717, 1.165) is 0 Å². The number of benzene rings is 1. The molecular formula is C9H11ClFN. The summed E-state index contributed by atoms with van der Waals surface area (Å²) in [4.78, 5) is 1.75. The Balaban J connectivity index is 2.94. The Morgan fingerprint density at radius 1 is 1.33 bits per heavy atom. The molecule has 0 N–H and O–H groups in total. The molecule has 66 valence electrons. The molecule has 0 saturated carbocycles. The number of rotatable bonds is 2. The lowest BCUT2D eigenvalue weighted by Gasteiger charge is -2.17. The molecule has 0 fully saturated rings. The average Bonchev–Trinajstić information content (AvgIpc) is 2.04. The van der Waals surface area contributed by atoms with Gasteiger partial charge in [-0.2, -0.15) is 0 Å². The van der Waals surface area contributed by atoms with Crippen molar-refractivity contribution >= 4 is 11.6 Å². The molecule has 1 rings (SSSR count). The van der Waals surface area contributed by atoms with Crippen LogP contribution in [0.2, 0.25) is 0 Å². The highest BCUT2D eigenvalue weighted by molar-refractivity contribution is 6.20. The Hall–Kier alpha value is -0.600. The summed E-state index contributed by atoms with van der Waals surface area (Å²) in [6.07, 6.45) is 0. The molecule has 0 heterocycles. The van der Waals surface area contributed by atoms with Crippen LogP contribution >= 0.6 is 11.6 Å². The Kier molecular flexibility index (Phi) is 3.06. The molecule has 1 nitrogen and oxygen atoms in total. The van der Waals surface area contributed by atoms with Crippen molar-refractivity contribution in [1.29, 1.82) is 0 Å². The first-order valence-electron chi connectivity index (χ1n) is 3.68. The predicted molar refractivity (Wildman–Crippen MR) is 48.7 cm³/mol. The molecule has 0 saturated heterocycles. The van der Waals surface area contributed by atoms with E-state index in [-0.39, 0.29) is 5.82 Å². The van der Waals surface area contributed by atoms with Gasteiger partial charge in [0, 0.05) is 5.56 Å². The van der Waals surface area contributed by atoms with Gasteiger partial charge in [-0.25, -0.2) is 4.39 Å². The first-order valence-corrected chi connectivity index (χ1v) is 4.11. The lowest BCUT2D eigenvalue weighted by atomic mass is 10.2. The average molecular weight is 188 g/mol. The van der Waals surface area contributed by atoms with Gasteiger partial charge in [0.2, 0.25) is 0 Å². The maximum atomic E-state index is 13.1.